The van der Waals surface area contributed by atoms with Crippen LogP contribution >= 0.6 is 11.6 Å². The van der Waals surface area contributed by atoms with Gasteiger partial charge < -0.3 is 10.1 Å². The smallest absolute Gasteiger partial charge is 0.269 e. The summed E-state index contributed by atoms with van der Waals surface area (Å²) in [6, 6.07) is 18.9. The summed E-state index contributed by atoms with van der Waals surface area (Å²) in [5.74, 6) is 0.257. The number of benzene rings is 3. The fourth-order valence-electron chi connectivity index (χ4n) is 3.37. The Balaban J connectivity index is 1.54. The van der Waals surface area contributed by atoms with Crippen LogP contribution in [0.5, 0.6) is 5.75 Å². The quantitative estimate of drug-likeness (QED) is 0.450. The Labute approximate surface area is 172 Å². The molecule has 0 aliphatic carbocycles. The molecule has 0 amide bonds. The van der Waals surface area contributed by atoms with Crippen molar-refractivity contribution < 1.29 is 14.5 Å². The number of anilines is 2. The number of non-ortho nitro benzene ring substituents is 1. The fraction of sp³-hybridized carbons (Fsp3) is 0.136. The zero-order valence-corrected chi connectivity index (χ0v) is 16.1. The Morgan fingerprint density at radius 1 is 1.10 bits per heavy atom. The lowest BCUT2D eigenvalue weighted by Gasteiger charge is -2.25. The molecule has 1 unspecified atom stereocenters. The van der Waals surface area contributed by atoms with E-state index in [4.69, 9.17) is 16.3 Å². The molecule has 0 aromatic heterocycles. The summed E-state index contributed by atoms with van der Waals surface area (Å²) in [6.07, 6.45) is 0.501. The molecule has 0 saturated heterocycles. The molecule has 0 bridgehead atoms. The summed E-state index contributed by atoms with van der Waals surface area (Å²) in [5.41, 5.74) is 3.07. The third kappa shape index (κ3) is 4.07. The Hall–Kier alpha value is -3.38. The lowest BCUT2D eigenvalue weighted by Crippen LogP contribution is -2.29. The van der Waals surface area contributed by atoms with Crippen LogP contribution in [0.15, 0.2) is 66.7 Å². The van der Waals surface area contributed by atoms with Crippen molar-refractivity contribution in [1.82, 2.24) is 0 Å². The SMILES string of the molecule is O=C1c2cc(Cl)ccc2OCC1Cc1ccccc1Nc1ccc([N+](=O)[O-])cc1. The third-order valence-corrected chi connectivity index (χ3v) is 5.09. The highest BCUT2D eigenvalue weighted by Gasteiger charge is 2.29. The minimum atomic E-state index is -0.434. The maximum absolute atomic E-state index is 12.9. The van der Waals surface area contributed by atoms with Crippen molar-refractivity contribution in [3.8, 4) is 5.75 Å². The van der Waals surface area contributed by atoms with Gasteiger partial charge >= 0.3 is 0 Å². The first kappa shape index (κ1) is 19.0. The van der Waals surface area contributed by atoms with Gasteiger partial charge in [-0.1, -0.05) is 29.8 Å². The number of carbonyl (C=O) groups is 1. The van der Waals surface area contributed by atoms with Crippen molar-refractivity contribution in [2.24, 2.45) is 5.92 Å². The topological polar surface area (TPSA) is 81.5 Å². The third-order valence-electron chi connectivity index (χ3n) is 4.86. The number of nitro groups is 1. The van der Waals surface area contributed by atoms with Gasteiger partial charge in [0.25, 0.3) is 5.69 Å². The molecule has 0 saturated carbocycles. The minimum Gasteiger partial charge on any atom is -0.492 e. The Morgan fingerprint density at radius 3 is 2.62 bits per heavy atom. The number of nitrogens with zero attached hydrogens (tertiary/aromatic N) is 1. The van der Waals surface area contributed by atoms with Crippen molar-refractivity contribution in [2.45, 2.75) is 6.42 Å². The van der Waals surface area contributed by atoms with Crippen LogP contribution in [0.1, 0.15) is 15.9 Å². The normalized spacial score (nSPS) is 15.3. The molecule has 1 atom stereocenters. The van der Waals surface area contributed by atoms with E-state index >= 15 is 0 Å². The number of Topliss-reactive ketones (excluding diaryl/α,β-unsaturated/α-hetero) is 1. The predicted octanol–water partition coefficient (Wildman–Crippen LogP) is 5.43. The Bertz CT molecular complexity index is 1080. The van der Waals surface area contributed by atoms with Crippen molar-refractivity contribution in [3.05, 3.63) is 93.0 Å². The molecular formula is C22H17ClN2O4. The summed E-state index contributed by atoms with van der Waals surface area (Å²) in [7, 11) is 0. The molecule has 7 heteroatoms. The van der Waals surface area contributed by atoms with E-state index in [1.165, 1.54) is 12.1 Å². The van der Waals surface area contributed by atoms with Gasteiger partial charge in [-0.25, -0.2) is 0 Å². The molecule has 1 aliphatic heterocycles. The van der Waals surface area contributed by atoms with Crippen LogP contribution in [0.3, 0.4) is 0 Å². The van der Waals surface area contributed by atoms with E-state index in [0.29, 0.717) is 29.4 Å². The molecule has 3 aromatic carbocycles. The fourth-order valence-corrected chi connectivity index (χ4v) is 3.54. The van der Waals surface area contributed by atoms with Gasteiger partial charge in [0, 0.05) is 28.5 Å². The number of nitrogens with one attached hydrogen (secondary N) is 1. The van der Waals surface area contributed by atoms with Crippen LogP contribution < -0.4 is 10.1 Å². The van der Waals surface area contributed by atoms with E-state index in [2.05, 4.69) is 5.32 Å². The van der Waals surface area contributed by atoms with Crippen molar-refractivity contribution in [3.63, 3.8) is 0 Å². The first-order valence-electron chi connectivity index (χ1n) is 9.07. The van der Waals surface area contributed by atoms with Crippen LogP contribution in [-0.4, -0.2) is 17.3 Å². The van der Waals surface area contributed by atoms with E-state index in [-0.39, 0.29) is 17.4 Å². The summed E-state index contributed by atoms with van der Waals surface area (Å²) in [6.45, 7) is 0.305. The summed E-state index contributed by atoms with van der Waals surface area (Å²) < 4.78 is 5.76. The molecular weight excluding hydrogens is 392 g/mol. The number of ketones is 1. The van der Waals surface area contributed by atoms with Gasteiger partial charge in [0.1, 0.15) is 5.75 Å². The highest BCUT2D eigenvalue weighted by Crippen LogP contribution is 2.32. The molecule has 1 heterocycles. The summed E-state index contributed by atoms with van der Waals surface area (Å²) in [5, 5.41) is 14.6. The molecule has 6 nitrogen and oxygen atoms in total. The largest absolute Gasteiger partial charge is 0.492 e. The van der Waals surface area contributed by atoms with Crippen molar-refractivity contribution in [2.75, 3.05) is 11.9 Å². The maximum atomic E-state index is 12.9. The van der Waals surface area contributed by atoms with Crippen LogP contribution in [-0.2, 0) is 6.42 Å². The first-order valence-corrected chi connectivity index (χ1v) is 9.45. The number of hydrogen-bond donors (Lipinski definition) is 1. The van der Waals surface area contributed by atoms with Crippen molar-refractivity contribution >= 4 is 34.4 Å². The van der Waals surface area contributed by atoms with Gasteiger partial charge in [-0.15, -0.1) is 0 Å². The van der Waals surface area contributed by atoms with Gasteiger partial charge in [-0.05, 0) is 48.4 Å². The highest BCUT2D eigenvalue weighted by atomic mass is 35.5. The van der Waals surface area contributed by atoms with Crippen LogP contribution in [0.2, 0.25) is 5.02 Å². The van der Waals surface area contributed by atoms with Gasteiger partial charge in [0.2, 0.25) is 0 Å². The molecule has 0 spiro atoms. The molecule has 0 radical (unpaired) electrons. The maximum Gasteiger partial charge on any atom is 0.269 e. The average Bonchev–Trinajstić information content (AvgIpc) is 2.72. The zero-order valence-electron chi connectivity index (χ0n) is 15.3. The van der Waals surface area contributed by atoms with Gasteiger partial charge in [0.05, 0.1) is 23.0 Å². The number of carbonyl (C=O) groups excluding carboxylic acids is 1. The lowest BCUT2D eigenvalue weighted by molar-refractivity contribution is -0.384. The zero-order chi connectivity index (χ0) is 20.4. The number of hydrogen-bond acceptors (Lipinski definition) is 5. The Morgan fingerprint density at radius 2 is 1.86 bits per heavy atom. The number of ether oxygens (including phenoxy) is 1. The summed E-state index contributed by atoms with van der Waals surface area (Å²) in [4.78, 5) is 23.3. The Kier molecular flexibility index (Phi) is 5.18. The number of para-hydroxylation sites is 1. The number of halogens is 1. The van der Waals surface area contributed by atoms with Crippen molar-refractivity contribution in [1.29, 1.82) is 0 Å². The molecule has 146 valence electrons. The van der Waals surface area contributed by atoms with Crippen LogP contribution in [0, 0.1) is 16.0 Å². The van der Waals surface area contributed by atoms with E-state index in [0.717, 1.165) is 16.9 Å². The van der Waals surface area contributed by atoms with Gasteiger partial charge in [-0.3, -0.25) is 14.9 Å². The standard InChI is InChI=1S/C22H17ClN2O4/c23-16-5-10-21-19(12-16)22(26)15(13-29-21)11-14-3-1-2-4-20(14)24-17-6-8-18(9-7-17)25(27)28/h1-10,12,15,24H,11,13H2. The second-order valence-corrected chi connectivity index (χ2v) is 7.24. The van der Waals surface area contributed by atoms with E-state index in [1.807, 2.05) is 24.3 Å². The van der Waals surface area contributed by atoms with Gasteiger partial charge in [-0.2, -0.15) is 0 Å². The predicted molar refractivity (Wildman–Crippen MR) is 111 cm³/mol. The number of nitro benzene ring substituents is 1. The minimum absolute atomic E-state index is 0.0129. The van der Waals surface area contributed by atoms with E-state index < -0.39 is 4.92 Å². The molecule has 4 rings (SSSR count). The second kappa shape index (κ2) is 7.93. The lowest BCUT2D eigenvalue weighted by atomic mass is 9.89. The molecule has 1 N–H and O–H groups in total. The van der Waals surface area contributed by atoms with Crippen LogP contribution in [0.25, 0.3) is 0 Å². The van der Waals surface area contributed by atoms with E-state index in [9.17, 15) is 14.9 Å². The van der Waals surface area contributed by atoms with Gasteiger partial charge in [0.15, 0.2) is 5.78 Å². The average molecular weight is 409 g/mol. The highest BCUT2D eigenvalue weighted by molar-refractivity contribution is 6.31. The second-order valence-electron chi connectivity index (χ2n) is 6.80. The molecule has 29 heavy (non-hydrogen) atoms. The van der Waals surface area contributed by atoms with E-state index in [1.54, 1.807) is 30.3 Å². The molecule has 3 aromatic rings. The number of fused-ring (bicyclic) bond motifs is 1. The molecule has 1 aliphatic rings. The van der Waals surface area contributed by atoms with Crippen LogP contribution in [0.4, 0.5) is 17.1 Å². The summed E-state index contributed by atoms with van der Waals surface area (Å²) >= 11 is 6.04. The number of rotatable bonds is 5. The monoisotopic (exact) mass is 408 g/mol. The first-order chi connectivity index (χ1) is 14.0. The molecule has 0 fully saturated rings.